The molecule has 0 aliphatic carbocycles. The quantitative estimate of drug-likeness (QED) is 0.745. The maximum atomic E-state index is 13.0. The molecule has 138 valence electrons. The molecule has 0 heterocycles. The Bertz CT molecular complexity index is 750. The van der Waals surface area contributed by atoms with E-state index in [1.165, 1.54) is 12.1 Å². The molecule has 2 aromatic carbocycles. The summed E-state index contributed by atoms with van der Waals surface area (Å²) in [7, 11) is 0. The Hall–Kier alpha value is -2.34. The van der Waals surface area contributed by atoms with Gasteiger partial charge in [-0.25, -0.2) is 4.39 Å². The number of hydrogen-bond donors (Lipinski definition) is 2. The van der Waals surface area contributed by atoms with Gasteiger partial charge >= 0.3 is 0 Å². The lowest BCUT2D eigenvalue weighted by atomic mass is 10.1. The van der Waals surface area contributed by atoms with Gasteiger partial charge in [-0.15, -0.1) is 0 Å². The first-order valence-electron chi connectivity index (χ1n) is 8.39. The number of thioether (sulfide) groups is 1. The summed E-state index contributed by atoms with van der Waals surface area (Å²) in [6, 6.07) is 12.6. The van der Waals surface area contributed by atoms with Crippen LogP contribution in [0, 0.1) is 12.7 Å². The minimum atomic E-state index is -0.616. The van der Waals surface area contributed by atoms with Gasteiger partial charge in [0.1, 0.15) is 11.9 Å². The second kappa shape index (κ2) is 9.97. The van der Waals surface area contributed by atoms with Crippen LogP contribution in [0.4, 0.5) is 4.39 Å². The number of rotatable bonds is 8. The van der Waals surface area contributed by atoms with Gasteiger partial charge in [-0.2, -0.15) is 11.8 Å². The van der Waals surface area contributed by atoms with Crippen LogP contribution in [0.5, 0.6) is 0 Å². The zero-order valence-corrected chi connectivity index (χ0v) is 15.7. The van der Waals surface area contributed by atoms with Gasteiger partial charge in [0.05, 0.1) is 0 Å². The monoisotopic (exact) mass is 374 g/mol. The number of aryl methyl sites for hydroxylation is 1. The summed E-state index contributed by atoms with van der Waals surface area (Å²) in [5.41, 5.74) is 2.22. The second-order valence-electron chi connectivity index (χ2n) is 5.97. The van der Waals surface area contributed by atoms with Crippen molar-refractivity contribution in [2.75, 3.05) is 12.0 Å². The fourth-order valence-corrected chi connectivity index (χ4v) is 2.95. The lowest BCUT2D eigenvalue weighted by molar-refractivity contribution is -0.123. The number of hydrogen-bond acceptors (Lipinski definition) is 3. The highest BCUT2D eigenvalue weighted by Crippen LogP contribution is 2.09. The number of nitrogens with one attached hydrogen (secondary N) is 2. The minimum Gasteiger partial charge on any atom is -0.350 e. The summed E-state index contributed by atoms with van der Waals surface area (Å²) in [6.45, 7) is 2.15. The van der Waals surface area contributed by atoms with Gasteiger partial charge < -0.3 is 10.6 Å². The molecule has 0 spiro atoms. The molecule has 0 aliphatic rings. The molecule has 0 fully saturated rings. The van der Waals surface area contributed by atoms with Gasteiger partial charge in [-0.3, -0.25) is 9.59 Å². The summed E-state index contributed by atoms with van der Waals surface area (Å²) in [5.74, 6) is -0.0669. The molecule has 2 N–H and O–H groups in total. The van der Waals surface area contributed by atoms with E-state index in [2.05, 4.69) is 10.6 Å². The normalized spacial score (nSPS) is 11.7. The molecule has 0 saturated heterocycles. The predicted molar refractivity (Wildman–Crippen MR) is 104 cm³/mol. The third-order valence-corrected chi connectivity index (χ3v) is 4.65. The Morgan fingerprint density at radius 2 is 1.81 bits per heavy atom. The van der Waals surface area contributed by atoms with Crippen LogP contribution in [-0.4, -0.2) is 29.9 Å². The van der Waals surface area contributed by atoms with Crippen LogP contribution in [0.1, 0.15) is 27.9 Å². The van der Waals surface area contributed by atoms with E-state index in [9.17, 15) is 14.0 Å². The molecule has 0 unspecified atom stereocenters. The van der Waals surface area contributed by atoms with Crippen molar-refractivity contribution >= 4 is 23.6 Å². The van der Waals surface area contributed by atoms with Crippen LogP contribution in [0.15, 0.2) is 48.5 Å². The minimum absolute atomic E-state index is 0.245. The summed E-state index contributed by atoms with van der Waals surface area (Å²) >= 11 is 1.62. The SMILES string of the molecule is CSCC[C@@H](NC(=O)c1ccccc1C)C(=O)NCc1ccc(F)cc1. The number of halogens is 1. The van der Waals surface area contributed by atoms with Crippen molar-refractivity contribution in [2.45, 2.75) is 25.9 Å². The van der Waals surface area contributed by atoms with Crippen molar-refractivity contribution in [3.63, 3.8) is 0 Å². The Labute approximate surface area is 157 Å². The first-order chi connectivity index (χ1) is 12.5. The molecule has 0 aromatic heterocycles. The molecule has 2 amide bonds. The third kappa shape index (κ3) is 5.88. The summed E-state index contributed by atoms with van der Waals surface area (Å²) in [6.07, 6.45) is 2.49. The summed E-state index contributed by atoms with van der Waals surface area (Å²) in [4.78, 5) is 25.0. The van der Waals surface area contributed by atoms with E-state index < -0.39 is 6.04 Å². The van der Waals surface area contributed by atoms with Crippen LogP contribution < -0.4 is 10.6 Å². The predicted octanol–water partition coefficient (Wildman–Crippen LogP) is 3.30. The van der Waals surface area contributed by atoms with E-state index in [1.54, 1.807) is 36.0 Å². The highest BCUT2D eigenvalue weighted by molar-refractivity contribution is 7.98. The Morgan fingerprint density at radius 3 is 2.46 bits per heavy atom. The average Bonchev–Trinajstić information content (AvgIpc) is 2.64. The van der Waals surface area contributed by atoms with E-state index in [0.717, 1.165) is 16.9 Å². The van der Waals surface area contributed by atoms with Crippen molar-refractivity contribution in [1.29, 1.82) is 0 Å². The van der Waals surface area contributed by atoms with Crippen LogP contribution in [0.25, 0.3) is 0 Å². The van der Waals surface area contributed by atoms with E-state index >= 15 is 0 Å². The smallest absolute Gasteiger partial charge is 0.252 e. The molecule has 4 nitrogen and oxygen atoms in total. The van der Waals surface area contributed by atoms with Crippen molar-refractivity contribution in [1.82, 2.24) is 10.6 Å². The summed E-state index contributed by atoms with van der Waals surface area (Å²) < 4.78 is 13.0. The van der Waals surface area contributed by atoms with Gasteiger partial charge in [0.15, 0.2) is 0 Å². The maximum absolute atomic E-state index is 13.0. The van der Waals surface area contributed by atoms with Crippen LogP contribution in [-0.2, 0) is 11.3 Å². The van der Waals surface area contributed by atoms with Gasteiger partial charge in [-0.1, -0.05) is 30.3 Å². The van der Waals surface area contributed by atoms with Crippen LogP contribution >= 0.6 is 11.8 Å². The molecule has 2 aromatic rings. The van der Waals surface area contributed by atoms with Gasteiger partial charge in [-0.05, 0) is 54.7 Å². The molecule has 0 saturated carbocycles. The molecular formula is C20H23FN2O2S. The van der Waals surface area contributed by atoms with Crippen LogP contribution in [0.2, 0.25) is 0 Å². The molecule has 2 rings (SSSR count). The Kier molecular flexibility index (Phi) is 7.66. The van der Waals surface area contributed by atoms with E-state index in [0.29, 0.717) is 12.0 Å². The molecule has 0 radical (unpaired) electrons. The maximum Gasteiger partial charge on any atom is 0.252 e. The zero-order valence-electron chi connectivity index (χ0n) is 14.9. The third-order valence-electron chi connectivity index (χ3n) is 4.00. The lowest BCUT2D eigenvalue weighted by Gasteiger charge is -2.19. The van der Waals surface area contributed by atoms with Gasteiger partial charge in [0, 0.05) is 12.1 Å². The number of carbonyl (C=O) groups excluding carboxylic acids is 2. The average molecular weight is 374 g/mol. The Morgan fingerprint density at radius 1 is 1.12 bits per heavy atom. The number of carbonyl (C=O) groups is 2. The molecule has 6 heteroatoms. The van der Waals surface area contributed by atoms with Crippen molar-refractivity contribution < 1.29 is 14.0 Å². The molecular weight excluding hydrogens is 351 g/mol. The standard InChI is InChI=1S/C20H23FN2O2S/c1-14-5-3-4-6-17(14)19(24)23-18(11-12-26-2)20(25)22-13-15-7-9-16(21)10-8-15/h3-10,18H,11-13H2,1-2H3,(H,22,25)(H,23,24)/t18-/m1/s1. The van der Waals surface area contributed by atoms with Crippen molar-refractivity contribution in [3.8, 4) is 0 Å². The van der Waals surface area contributed by atoms with E-state index in [4.69, 9.17) is 0 Å². The molecule has 0 aliphatic heterocycles. The van der Waals surface area contributed by atoms with Gasteiger partial charge in [0.2, 0.25) is 5.91 Å². The summed E-state index contributed by atoms with van der Waals surface area (Å²) in [5, 5.41) is 5.64. The molecule has 26 heavy (non-hydrogen) atoms. The zero-order chi connectivity index (χ0) is 18.9. The largest absolute Gasteiger partial charge is 0.350 e. The lowest BCUT2D eigenvalue weighted by Crippen LogP contribution is -2.47. The van der Waals surface area contributed by atoms with Gasteiger partial charge in [0.25, 0.3) is 5.91 Å². The number of benzene rings is 2. The Balaban J connectivity index is 2.00. The first-order valence-corrected chi connectivity index (χ1v) is 9.78. The first kappa shape index (κ1) is 20.0. The topological polar surface area (TPSA) is 58.2 Å². The van der Waals surface area contributed by atoms with Crippen LogP contribution in [0.3, 0.4) is 0 Å². The van der Waals surface area contributed by atoms with Crippen molar-refractivity contribution in [2.24, 2.45) is 0 Å². The fraction of sp³-hybridized carbons (Fsp3) is 0.300. The second-order valence-corrected chi connectivity index (χ2v) is 6.95. The van der Waals surface area contributed by atoms with E-state index in [-0.39, 0.29) is 24.2 Å². The molecule has 0 bridgehead atoms. The highest BCUT2D eigenvalue weighted by atomic mass is 32.2. The molecule has 1 atom stereocenters. The highest BCUT2D eigenvalue weighted by Gasteiger charge is 2.21. The number of amides is 2. The van der Waals surface area contributed by atoms with Crippen molar-refractivity contribution in [3.05, 3.63) is 71.0 Å². The fourth-order valence-electron chi connectivity index (χ4n) is 2.48. The van der Waals surface area contributed by atoms with E-state index in [1.807, 2.05) is 25.3 Å².